The molecule has 17 heavy (non-hydrogen) atoms. The third kappa shape index (κ3) is 3.97. The first-order valence-electron chi connectivity index (χ1n) is 6.38. The molecule has 1 unspecified atom stereocenters. The molecule has 0 saturated heterocycles. The van der Waals surface area contributed by atoms with Gasteiger partial charge in [0.25, 0.3) is 0 Å². The van der Waals surface area contributed by atoms with Crippen LogP contribution in [0, 0.1) is 5.92 Å². The molecule has 0 radical (unpaired) electrons. The van der Waals surface area contributed by atoms with Gasteiger partial charge in [0, 0.05) is 15.5 Å². The number of hydrogen-bond donors (Lipinski definition) is 1. The average molecular weight is 317 g/mol. The van der Waals surface area contributed by atoms with Gasteiger partial charge in [-0.1, -0.05) is 40.5 Å². The van der Waals surface area contributed by atoms with E-state index in [4.69, 9.17) is 11.6 Å². The Morgan fingerprint density at radius 3 is 2.82 bits per heavy atom. The highest BCUT2D eigenvalue weighted by atomic mass is 79.9. The molecule has 1 aromatic carbocycles. The second-order valence-electron chi connectivity index (χ2n) is 4.84. The molecule has 2 rings (SSSR count). The zero-order valence-electron chi connectivity index (χ0n) is 10.2. The minimum atomic E-state index is 0.605. The van der Waals surface area contributed by atoms with Crippen LogP contribution in [0.2, 0.25) is 5.02 Å². The fraction of sp³-hybridized carbons (Fsp3) is 0.571. The minimum Gasteiger partial charge on any atom is -0.313 e. The molecule has 1 N–H and O–H groups in total. The molecule has 0 bridgehead atoms. The number of hydrogen-bond acceptors (Lipinski definition) is 1. The van der Waals surface area contributed by atoms with Gasteiger partial charge in [0.2, 0.25) is 0 Å². The maximum atomic E-state index is 6.27. The maximum Gasteiger partial charge on any atom is 0.0449 e. The summed E-state index contributed by atoms with van der Waals surface area (Å²) >= 11 is 9.72. The Kier molecular flexibility index (Phi) is 4.89. The van der Waals surface area contributed by atoms with Crippen molar-refractivity contribution in [1.82, 2.24) is 5.32 Å². The molecule has 0 heterocycles. The predicted octanol–water partition coefficient (Wildman–Crippen LogP) is 4.42. The van der Waals surface area contributed by atoms with E-state index < -0.39 is 0 Å². The Morgan fingerprint density at radius 2 is 2.24 bits per heavy atom. The van der Waals surface area contributed by atoms with E-state index >= 15 is 0 Å². The van der Waals surface area contributed by atoms with Gasteiger partial charge in [-0.15, -0.1) is 0 Å². The second-order valence-corrected chi connectivity index (χ2v) is 6.16. The highest BCUT2D eigenvalue weighted by Crippen LogP contribution is 2.35. The van der Waals surface area contributed by atoms with Crippen LogP contribution in [0.3, 0.4) is 0 Å². The van der Waals surface area contributed by atoms with Crippen molar-refractivity contribution in [2.75, 3.05) is 6.54 Å². The Morgan fingerprint density at radius 1 is 1.47 bits per heavy atom. The van der Waals surface area contributed by atoms with Gasteiger partial charge in [0.1, 0.15) is 0 Å². The first-order valence-corrected chi connectivity index (χ1v) is 7.55. The largest absolute Gasteiger partial charge is 0.313 e. The third-order valence-electron chi connectivity index (χ3n) is 3.30. The van der Waals surface area contributed by atoms with Gasteiger partial charge in [-0.2, -0.15) is 0 Å². The molecule has 1 saturated carbocycles. The molecule has 1 aliphatic carbocycles. The van der Waals surface area contributed by atoms with Crippen LogP contribution >= 0.6 is 27.5 Å². The molecule has 3 heteroatoms. The van der Waals surface area contributed by atoms with Crippen molar-refractivity contribution in [3.63, 3.8) is 0 Å². The summed E-state index contributed by atoms with van der Waals surface area (Å²) in [5.41, 5.74) is 1.26. The fourth-order valence-electron chi connectivity index (χ4n) is 2.16. The van der Waals surface area contributed by atoms with Crippen LogP contribution in [0.5, 0.6) is 0 Å². The predicted molar refractivity (Wildman–Crippen MR) is 77.7 cm³/mol. The number of rotatable bonds is 6. The zero-order chi connectivity index (χ0) is 12.3. The molecule has 94 valence electrons. The second kappa shape index (κ2) is 6.21. The number of nitrogens with one attached hydrogen (secondary N) is 1. The van der Waals surface area contributed by atoms with Gasteiger partial charge in [-0.3, -0.25) is 0 Å². The summed E-state index contributed by atoms with van der Waals surface area (Å²) in [6.45, 7) is 3.32. The molecule has 1 fully saturated rings. The molecule has 1 aromatic rings. The summed E-state index contributed by atoms with van der Waals surface area (Å²) < 4.78 is 1.05. The topological polar surface area (TPSA) is 12.0 Å². The van der Waals surface area contributed by atoms with E-state index in [0.717, 1.165) is 28.4 Å². The summed E-state index contributed by atoms with van der Waals surface area (Å²) in [4.78, 5) is 0. The van der Waals surface area contributed by atoms with Gasteiger partial charge in [-0.25, -0.2) is 0 Å². The van der Waals surface area contributed by atoms with Crippen molar-refractivity contribution in [2.45, 2.75) is 38.6 Å². The molecule has 1 aliphatic rings. The normalized spacial score (nSPS) is 17.1. The van der Waals surface area contributed by atoms with E-state index in [-0.39, 0.29) is 0 Å². The molecule has 0 amide bonds. The zero-order valence-corrected chi connectivity index (χ0v) is 12.5. The van der Waals surface area contributed by atoms with E-state index in [2.05, 4.69) is 40.3 Å². The van der Waals surface area contributed by atoms with Crippen LogP contribution in [-0.4, -0.2) is 12.6 Å². The van der Waals surface area contributed by atoms with Crippen LogP contribution in [0.25, 0.3) is 0 Å². The quantitative estimate of drug-likeness (QED) is 0.819. The van der Waals surface area contributed by atoms with Crippen molar-refractivity contribution in [2.24, 2.45) is 5.92 Å². The summed E-state index contributed by atoms with van der Waals surface area (Å²) in [5, 5.41) is 4.53. The first kappa shape index (κ1) is 13.4. The highest BCUT2D eigenvalue weighted by molar-refractivity contribution is 9.10. The van der Waals surface area contributed by atoms with Crippen LogP contribution in [0.15, 0.2) is 22.7 Å². The lowest BCUT2D eigenvalue weighted by Gasteiger charge is -2.18. The third-order valence-corrected chi connectivity index (χ3v) is 4.15. The Balaban J connectivity index is 2.00. The van der Waals surface area contributed by atoms with Gasteiger partial charge >= 0.3 is 0 Å². The molecular formula is C14H19BrClN. The standard InChI is InChI=1S/C14H19BrClN/c1-2-7-17-14(10-3-4-10)8-11-5-6-12(15)9-13(11)16/h5-6,9-10,14,17H,2-4,7-8H2,1H3. The molecule has 0 aliphatic heterocycles. The lowest BCUT2D eigenvalue weighted by atomic mass is 10.0. The van der Waals surface area contributed by atoms with Crippen molar-refractivity contribution < 1.29 is 0 Å². The maximum absolute atomic E-state index is 6.27. The van der Waals surface area contributed by atoms with Crippen molar-refractivity contribution >= 4 is 27.5 Å². The van der Waals surface area contributed by atoms with E-state index in [1.54, 1.807) is 0 Å². The van der Waals surface area contributed by atoms with Gasteiger partial charge in [0.05, 0.1) is 0 Å². The van der Waals surface area contributed by atoms with Crippen LogP contribution in [0.1, 0.15) is 31.7 Å². The lowest BCUT2D eigenvalue weighted by Crippen LogP contribution is -2.33. The minimum absolute atomic E-state index is 0.605. The summed E-state index contributed by atoms with van der Waals surface area (Å²) in [5.74, 6) is 0.862. The summed E-state index contributed by atoms with van der Waals surface area (Å²) in [6.07, 6.45) is 4.99. The molecule has 1 atom stereocenters. The Hall–Kier alpha value is -0.0500. The lowest BCUT2D eigenvalue weighted by molar-refractivity contribution is 0.460. The SMILES string of the molecule is CCCNC(Cc1ccc(Br)cc1Cl)C1CC1. The van der Waals surface area contributed by atoms with E-state index in [1.165, 1.54) is 24.8 Å². The van der Waals surface area contributed by atoms with Crippen molar-refractivity contribution in [1.29, 1.82) is 0 Å². The first-order chi connectivity index (χ1) is 8.20. The number of benzene rings is 1. The summed E-state index contributed by atoms with van der Waals surface area (Å²) in [7, 11) is 0. The van der Waals surface area contributed by atoms with Crippen LogP contribution in [0.4, 0.5) is 0 Å². The van der Waals surface area contributed by atoms with Crippen molar-refractivity contribution in [3.8, 4) is 0 Å². The van der Waals surface area contributed by atoms with Crippen LogP contribution < -0.4 is 5.32 Å². The highest BCUT2D eigenvalue weighted by Gasteiger charge is 2.30. The van der Waals surface area contributed by atoms with Gasteiger partial charge < -0.3 is 5.32 Å². The van der Waals surface area contributed by atoms with E-state index in [0.29, 0.717) is 6.04 Å². The smallest absolute Gasteiger partial charge is 0.0449 e. The van der Waals surface area contributed by atoms with Gasteiger partial charge in [-0.05, 0) is 55.8 Å². The van der Waals surface area contributed by atoms with Gasteiger partial charge in [0.15, 0.2) is 0 Å². The fourth-order valence-corrected chi connectivity index (χ4v) is 2.91. The Labute approximate surface area is 117 Å². The Bertz CT molecular complexity index is 376. The molecule has 1 nitrogen and oxygen atoms in total. The average Bonchev–Trinajstić information content (AvgIpc) is 3.11. The van der Waals surface area contributed by atoms with E-state index in [9.17, 15) is 0 Å². The molecule has 0 spiro atoms. The summed E-state index contributed by atoms with van der Waals surface area (Å²) in [6, 6.07) is 6.80. The molecular weight excluding hydrogens is 298 g/mol. The monoisotopic (exact) mass is 315 g/mol. The van der Waals surface area contributed by atoms with Crippen LogP contribution in [-0.2, 0) is 6.42 Å². The molecule has 0 aromatic heterocycles. The number of halogens is 2. The van der Waals surface area contributed by atoms with Crippen molar-refractivity contribution in [3.05, 3.63) is 33.3 Å². The van der Waals surface area contributed by atoms with E-state index in [1.807, 2.05) is 6.07 Å².